The van der Waals surface area contributed by atoms with Gasteiger partial charge in [-0.05, 0) is 63.3 Å². The van der Waals surface area contributed by atoms with Crippen molar-refractivity contribution < 1.29 is 9.59 Å². The summed E-state index contributed by atoms with van der Waals surface area (Å²) in [5, 5.41) is 7.61. The lowest BCUT2D eigenvalue weighted by molar-refractivity contribution is -0.116. The standard InChI is InChI=1S/C25H28N4O2/c1-16-11-13-19(14-12-16)29-21-10-6-9-20(21)24(27-29)25(31)28(4)15-22(30)26-23-17(2)7-5-8-18(23)3/h5,7-8,11-14H,6,9-10,15H2,1-4H3,(H,26,30). The Morgan fingerprint density at radius 3 is 2.39 bits per heavy atom. The summed E-state index contributed by atoms with van der Waals surface area (Å²) in [6.45, 7) is 5.93. The molecule has 3 aromatic rings. The Morgan fingerprint density at radius 2 is 1.71 bits per heavy atom. The SMILES string of the molecule is Cc1ccc(-n2nc(C(=O)N(C)CC(=O)Nc3c(C)cccc3C)c3c2CCC3)cc1. The molecule has 6 heteroatoms. The number of aromatic nitrogens is 2. The molecule has 1 aliphatic rings. The second-order valence-electron chi connectivity index (χ2n) is 8.35. The first kappa shape index (κ1) is 20.8. The zero-order valence-corrected chi connectivity index (χ0v) is 18.5. The van der Waals surface area contributed by atoms with Crippen molar-refractivity contribution in [1.29, 1.82) is 0 Å². The summed E-state index contributed by atoms with van der Waals surface area (Å²) in [6.07, 6.45) is 2.75. The number of fused-ring (bicyclic) bond motifs is 1. The minimum atomic E-state index is -0.222. The van der Waals surface area contributed by atoms with E-state index in [1.807, 2.05) is 67.9 Å². The number of para-hydroxylation sites is 1. The van der Waals surface area contributed by atoms with E-state index in [1.54, 1.807) is 7.05 Å². The van der Waals surface area contributed by atoms with Gasteiger partial charge in [-0.25, -0.2) is 4.68 Å². The zero-order chi connectivity index (χ0) is 22.1. The number of hydrogen-bond donors (Lipinski definition) is 1. The number of nitrogens with zero attached hydrogens (tertiary/aromatic N) is 3. The normalized spacial score (nSPS) is 12.5. The van der Waals surface area contributed by atoms with Crippen LogP contribution in [0.2, 0.25) is 0 Å². The number of aryl methyl sites for hydroxylation is 3. The van der Waals surface area contributed by atoms with Crippen LogP contribution < -0.4 is 5.32 Å². The van der Waals surface area contributed by atoms with E-state index in [9.17, 15) is 9.59 Å². The Balaban J connectivity index is 1.53. The average Bonchev–Trinajstić information content (AvgIpc) is 3.34. The first-order chi connectivity index (χ1) is 14.8. The fourth-order valence-electron chi connectivity index (χ4n) is 4.17. The fraction of sp³-hybridized carbons (Fsp3) is 0.320. The van der Waals surface area contributed by atoms with Crippen molar-refractivity contribution in [3.05, 3.63) is 76.1 Å². The maximum absolute atomic E-state index is 13.2. The maximum atomic E-state index is 13.2. The van der Waals surface area contributed by atoms with Gasteiger partial charge in [-0.1, -0.05) is 35.9 Å². The Bertz CT molecular complexity index is 1120. The molecular formula is C25H28N4O2. The summed E-state index contributed by atoms with van der Waals surface area (Å²) in [7, 11) is 1.65. The molecule has 160 valence electrons. The van der Waals surface area contributed by atoms with Crippen LogP contribution in [0.25, 0.3) is 5.69 Å². The molecule has 0 saturated carbocycles. The second-order valence-corrected chi connectivity index (χ2v) is 8.35. The van der Waals surface area contributed by atoms with Gasteiger partial charge >= 0.3 is 0 Å². The molecule has 31 heavy (non-hydrogen) atoms. The van der Waals surface area contributed by atoms with Crippen molar-refractivity contribution >= 4 is 17.5 Å². The second kappa shape index (κ2) is 8.38. The molecule has 0 spiro atoms. The number of benzene rings is 2. The highest BCUT2D eigenvalue weighted by Crippen LogP contribution is 2.28. The van der Waals surface area contributed by atoms with E-state index in [0.29, 0.717) is 5.69 Å². The number of carbonyl (C=O) groups is 2. The van der Waals surface area contributed by atoms with Crippen molar-refractivity contribution in [3.8, 4) is 5.69 Å². The van der Waals surface area contributed by atoms with Gasteiger partial charge in [0.2, 0.25) is 5.91 Å². The molecule has 0 bridgehead atoms. The average molecular weight is 417 g/mol. The van der Waals surface area contributed by atoms with Gasteiger partial charge in [0.15, 0.2) is 5.69 Å². The van der Waals surface area contributed by atoms with Gasteiger partial charge < -0.3 is 10.2 Å². The molecule has 0 aliphatic heterocycles. The third-order valence-corrected chi connectivity index (χ3v) is 5.88. The smallest absolute Gasteiger partial charge is 0.274 e. The predicted molar refractivity (Wildman–Crippen MR) is 122 cm³/mol. The van der Waals surface area contributed by atoms with Gasteiger partial charge in [-0.2, -0.15) is 5.10 Å². The highest BCUT2D eigenvalue weighted by Gasteiger charge is 2.29. The van der Waals surface area contributed by atoms with Crippen LogP contribution in [0, 0.1) is 20.8 Å². The number of rotatable bonds is 5. The van der Waals surface area contributed by atoms with Crippen molar-refractivity contribution in [2.24, 2.45) is 0 Å². The van der Waals surface area contributed by atoms with Crippen LogP contribution in [0.15, 0.2) is 42.5 Å². The first-order valence-electron chi connectivity index (χ1n) is 10.6. The van der Waals surface area contributed by atoms with E-state index in [2.05, 4.69) is 10.4 Å². The monoisotopic (exact) mass is 416 g/mol. The van der Waals surface area contributed by atoms with Crippen LogP contribution >= 0.6 is 0 Å². The van der Waals surface area contributed by atoms with E-state index in [4.69, 9.17) is 0 Å². The van der Waals surface area contributed by atoms with E-state index in [0.717, 1.165) is 53.0 Å². The zero-order valence-electron chi connectivity index (χ0n) is 18.5. The highest BCUT2D eigenvalue weighted by molar-refractivity contribution is 5.99. The van der Waals surface area contributed by atoms with Gasteiger partial charge in [0, 0.05) is 24.0 Å². The molecule has 6 nitrogen and oxygen atoms in total. The molecule has 0 saturated heterocycles. The lowest BCUT2D eigenvalue weighted by atomic mass is 10.1. The van der Waals surface area contributed by atoms with Crippen molar-refractivity contribution in [3.63, 3.8) is 0 Å². The van der Waals surface area contributed by atoms with Crippen LogP contribution in [-0.4, -0.2) is 40.1 Å². The Morgan fingerprint density at radius 1 is 1.03 bits per heavy atom. The minimum absolute atomic E-state index is 0.0290. The molecule has 1 aliphatic carbocycles. The lowest BCUT2D eigenvalue weighted by Gasteiger charge is -2.17. The van der Waals surface area contributed by atoms with Crippen molar-refractivity contribution in [1.82, 2.24) is 14.7 Å². The van der Waals surface area contributed by atoms with E-state index in [-0.39, 0.29) is 18.4 Å². The molecule has 0 radical (unpaired) electrons. The maximum Gasteiger partial charge on any atom is 0.274 e. The van der Waals surface area contributed by atoms with Gasteiger partial charge in [-0.3, -0.25) is 9.59 Å². The lowest BCUT2D eigenvalue weighted by Crippen LogP contribution is -2.35. The van der Waals surface area contributed by atoms with Crippen molar-refractivity contribution in [2.75, 3.05) is 18.9 Å². The number of likely N-dealkylation sites (N-methyl/N-ethyl adjacent to an activating group) is 1. The molecule has 0 unspecified atom stereocenters. The summed E-state index contributed by atoms with van der Waals surface area (Å²) in [6, 6.07) is 14.0. The van der Waals surface area contributed by atoms with Crippen LogP contribution in [0.5, 0.6) is 0 Å². The molecule has 1 aromatic heterocycles. The number of anilines is 1. The van der Waals surface area contributed by atoms with Gasteiger partial charge in [0.1, 0.15) is 0 Å². The topological polar surface area (TPSA) is 67.2 Å². The molecule has 1 N–H and O–H groups in total. The predicted octanol–water partition coefficient (Wildman–Crippen LogP) is 4.00. The molecule has 4 rings (SSSR count). The van der Waals surface area contributed by atoms with Crippen LogP contribution in [0.1, 0.15) is 44.9 Å². The number of carbonyl (C=O) groups excluding carboxylic acids is 2. The van der Waals surface area contributed by atoms with Crippen LogP contribution in [0.4, 0.5) is 5.69 Å². The molecular weight excluding hydrogens is 388 g/mol. The quantitative estimate of drug-likeness (QED) is 0.684. The molecule has 1 heterocycles. The summed E-state index contributed by atoms with van der Waals surface area (Å²) in [5.41, 5.74) is 7.49. The third-order valence-electron chi connectivity index (χ3n) is 5.88. The van der Waals surface area contributed by atoms with E-state index in [1.165, 1.54) is 10.5 Å². The fourth-order valence-corrected chi connectivity index (χ4v) is 4.17. The van der Waals surface area contributed by atoms with Crippen LogP contribution in [0.3, 0.4) is 0 Å². The largest absolute Gasteiger partial charge is 0.331 e. The van der Waals surface area contributed by atoms with Gasteiger partial charge in [0.25, 0.3) is 5.91 Å². The van der Waals surface area contributed by atoms with Crippen molar-refractivity contribution in [2.45, 2.75) is 40.0 Å². The summed E-state index contributed by atoms with van der Waals surface area (Å²) in [4.78, 5) is 27.3. The minimum Gasteiger partial charge on any atom is -0.331 e. The highest BCUT2D eigenvalue weighted by atomic mass is 16.2. The van der Waals surface area contributed by atoms with Gasteiger partial charge in [0.05, 0.1) is 12.2 Å². The van der Waals surface area contributed by atoms with E-state index >= 15 is 0 Å². The molecule has 2 amide bonds. The van der Waals surface area contributed by atoms with Gasteiger partial charge in [-0.15, -0.1) is 0 Å². The Labute approximate surface area is 182 Å². The summed E-state index contributed by atoms with van der Waals surface area (Å²) < 4.78 is 1.89. The van der Waals surface area contributed by atoms with E-state index < -0.39 is 0 Å². The number of nitrogens with one attached hydrogen (secondary N) is 1. The Hall–Kier alpha value is -3.41. The summed E-state index contributed by atoms with van der Waals surface area (Å²) in [5.74, 6) is -0.441. The Kier molecular flexibility index (Phi) is 5.63. The molecule has 0 fully saturated rings. The molecule has 2 aromatic carbocycles. The molecule has 0 atom stereocenters. The first-order valence-corrected chi connectivity index (χ1v) is 10.6. The number of amides is 2. The third kappa shape index (κ3) is 4.10. The number of hydrogen-bond acceptors (Lipinski definition) is 3. The summed E-state index contributed by atoms with van der Waals surface area (Å²) >= 11 is 0. The van der Waals surface area contributed by atoms with Crippen LogP contribution in [-0.2, 0) is 17.6 Å².